The average molecular weight is 364 g/mol. The summed E-state index contributed by atoms with van der Waals surface area (Å²) in [5.74, 6) is 1.21. The number of esters is 1. The molecule has 0 N–H and O–H groups in total. The molecule has 0 aliphatic carbocycles. The van der Waals surface area contributed by atoms with E-state index < -0.39 is 0 Å². The summed E-state index contributed by atoms with van der Waals surface area (Å²) in [7, 11) is 1.61. The summed E-state index contributed by atoms with van der Waals surface area (Å²) < 4.78 is 15.9. The summed E-state index contributed by atoms with van der Waals surface area (Å²) in [6, 6.07) is 10.9. The molecule has 2 aliphatic heterocycles. The van der Waals surface area contributed by atoms with Gasteiger partial charge in [-0.15, -0.1) is 12.4 Å². The standard InChI is InChI=1S/C18H17NO5.ClH/c1-22-13-4-2-11(3-5-13)15-6-7-16(24-15)17(20)19-8-12-10-23-18(21)14(12)9-19;/h2-7,12,14H,8-10H2,1H3;1H/t12-,14-;/m1./s1. The summed E-state index contributed by atoms with van der Waals surface area (Å²) in [6.45, 7) is 1.34. The van der Waals surface area contributed by atoms with Crippen molar-refractivity contribution in [1.82, 2.24) is 4.90 Å². The van der Waals surface area contributed by atoms with Gasteiger partial charge < -0.3 is 18.8 Å². The van der Waals surface area contributed by atoms with Crippen molar-refractivity contribution in [3.05, 3.63) is 42.2 Å². The number of methoxy groups -OCH3 is 1. The van der Waals surface area contributed by atoms with Crippen LogP contribution in [0.15, 0.2) is 40.8 Å². The van der Waals surface area contributed by atoms with E-state index in [1.807, 2.05) is 24.3 Å². The normalized spacial score (nSPS) is 21.5. The predicted molar refractivity (Wildman–Crippen MR) is 91.8 cm³/mol. The zero-order valence-corrected chi connectivity index (χ0v) is 14.5. The minimum absolute atomic E-state index is 0. The van der Waals surface area contributed by atoms with Crippen LogP contribution in [0.2, 0.25) is 0 Å². The van der Waals surface area contributed by atoms with E-state index in [-0.39, 0.29) is 41.9 Å². The van der Waals surface area contributed by atoms with Gasteiger partial charge in [0.1, 0.15) is 11.5 Å². The zero-order valence-electron chi connectivity index (χ0n) is 13.6. The number of benzene rings is 1. The van der Waals surface area contributed by atoms with Crippen molar-refractivity contribution in [2.24, 2.45) is 11.8 Å². The van der Waals surface area contributed by atoms with E-state index in [1.165, 1.54) is 0 Å². The Kier molecular flexibility index (Phi) is 4.72. The fourth-order valence-electron chi connectivity index (χ4n) is 3.29. The number of furan rings is 1. The molecule has 2 atom stereocenters. The van der Waals surface area contributed by atoms with Crippen molar-refractivity contribution in [1.29, 1.82) is 0 Å². The quantitative estimate of drug-likeness (QED) is 0.784. The van der Waals surface area contributed by atoms with Crippen LogP contribution in [0.5, 0.6) is 5.75 Å². The Labute approximate surface area is 151 Å². The van der Waals surface area contributed by atoms with Crippen LogP contribution in [-0.2, 0) is 9.53 Å². The van der Waals surface area contributed by atoms with Gasteiger partial charge in [0.15, 0.2) is 5.76 Å². The number of fused-ring (bicyclic) bond motifs is 1. The molecule has 2 aromatic rings. The molecule has 7 heteroatoms. The number of amides is 1. The second-order valence-electron chi connectivity index (χ2n) is 6.10. The van der Waals surface area contributed by atoms with E-state index in [0.717, 1.165) is 11.3 Å². The molecular weight excluding hydrogens is 346 g/mol. The molecule has 3 heterocycles. The van der Waals surface area contributed by atoms with Crippen LogP contribution in [-0.4, -0.2) is 43.6 Å². The lowest BCUT2D eigenvalue weighted by atomic mass is 10.0. The molecular formula is C18H18ClNO5. The maximum Gasteiger partial charge on any atom is 0.311 e. The van der Waals surface area contributed by atoms with Gasteiger partial charge in [0.05, 0.1) is 19.6 Å². The molecule has 2 saturated heterocycles. The van der Waals surface area contributed by atoms with E-state index in [0.29, 0.717) is 25.5 Å². The maximum absolute atomic E-state index is 12.6. The summed E-state index contributed by atoms with van der Waals surface area (Å²) in [5.41, 5.74) is 0.872. The Hall–Kier alpha value is -2.47. The Balaban J connectivity index is 0.00000182. The Morgan fingerprint density at radius 2 is 1.92 bits per heavy atom. The third kappa shape index (κ3) is 3.09. The summed E-state index contributed by atoms with van der Waals surface area (Å²) in [6.07, 6.45) is 0. The van der Waals surface area contributed by atoms with Crippen LogP contribution in [0.25, 0.3) is 11.3 Å². The van der Waals surface area contributed by atoms with Crippen molar-refractivity contribution < 1.29 is 23.5 Å². The highest BCUT2D eigenvalue weighted by Gasteiger charge is 2.45. The topological polar surface area (TPSA) is 69.0 Å². The number of rotatable bonds is 3. The van der Waals surface area contributed by atoms with Crippen molar-refractivity contribution in [3.63, 3.8) is 0 Å². The summed E-state index contributed by atoms with van der Waals surface area (Å²) >= 11 is 0. The van der Waals surface area contributed by atoms with Gasteiger partial charge in [-0.1, -0.05) is 0 Å². The first-order chi connectivity index (χ1) is 11.7. The van der Waals surface area contributed by atoms with Gasteiger partial charge in [-0.25, -0.2) is 0 Å². The first-order valence-electron chi connectivity index (χ1n) is 7.86. The van der Waals surface area contributed by atoms with E-state index >= 15 is 0 Å². The van der Waals surface area contributed by atoms with Gasteiger partial charge in [0, 0.05) is 24.6 Å². The fraction of sp³-hybridized carbons (Fsp3) is 0.333. The first kappa shape index (κ1) is 17.4. The van der Waals surface area contributed by atoms with Gasteiger partial charge in [0.2, 0.25) is 0 Å². The molecule has 1 aromatic heterocycles. The molecule has 2 aliphatic rings. The molecule has 0 unspecified atom stereocenters. The minimum atomic E-state index is -0.200. The number of carbonyl (C=O) groups excluding carboxylic acids is 2. The minimum Gasteiger partial charge on any atom is -0.497 e. The zero-order chi connectivity index (χ0) is 16.7. The van der Waals surface area contributed by atoms with Crippen LogP contribution < -0.4 is 4.74 Å². The number of ether oxygens (including phenoxy) is 2. The third-order valence-electron chi connectivity index (χ3n) is 4.66. The number of likely N-dealkylation sites (tertiary alicyclic amines) is 1. The molecule has 132 valence electrons. The number of cyclic esters (lactones) is 1. The highest BCUT2D eigenvalue weighted by atomic mass is 35.5. The summed E-state index contributed by atoms with van der Waals surface area (Å²) in [4.78, 5) is 25.9. The molecule has 0 spiro atoms. The Morgan fingerprint density at radius 1 is 1.16 bits per heavy atom. The molecule has 0 radical (unpaired) electrons. The fourth-order valence-corrected chi connectivity index (χ4v) is 3.29. The van der Waals surface area contributed by atoms with E-state index in [4.69, 9.17) is 13.9 Å². The number of nitrogens with zero attached hydrogens (tertiary/aromatic N) is 1. The second-order valence-corrected chi connectivity index (χ2v) is 6.10. The molecule has 1 aromatic carbocycles. The predicted octanol–water partition coefficient (Wildman–Crippen LogP) is 2.62. The molecule has 0 saturated carbocycles. The van der Waals surface area contributed by atoms with Crippen molar-refractivity contribution in [2.45, 2.75) is 0 Å². The van der Waals surface area contributed by atoms with Gasteiger partial charge in [-0.2, -0.15) is 0 Å². The molecule has 4 rings (SSSR count). The van der Waals surface area contributed by atoms with Gasteiger partial charge in [0.25, 0.3) is 5.91 Å². The Bertz CT molecular complexity index is 785. The van der Waals surface area contributed by atoms with E-state index in [9.17, 15) is 9.59 Å². The highest BCUT2D eigenvalue weighted by Crippen LogP contribution is 2.32. The number of hydrogen-bond donors (Lipinski definition) is 0. The smallest absolute Gasteiger partial charge is 0.311 e. The lowest BCUT2D eigenvalue weighted by Gasteiger charge is -2.15. The highest BCUT2D eigenvalue weighted by molar-refractivity contribution is 5.93. The van der Waals surface area contributed by atoms with Gasteiger partial charge in [-0.05, 0) is 36.4 Å². The van der Waals surface area contributed by atoms with Crippen LogP contribution in [0, 0.1) is 11.8 Å². The van der Waals surface area contributed by atoms with Crippen molar-refractivity contribution >= 4 is 24.3 Å². The maximum atomic E-state index is 12.6. The molecule has 25 heavy (non-hydrogen) atoms. The molecule has 0 bridgehead atoms. The number of halogens is 1. The van der Waals surface area contributed by atoms with Crippen molar-refractivity contribution in [3.8, 4) is 17.1 Å². The SMILES string of the molecule is COc1ccc(-c2ccc(C(=O)N3C[C@@H]4COC(=O)[C@@H]4C3)o2)cc1.Cl. The van der Waals surface area contributed by atoms with Gasteiger partial charge >= 0.3 is 5.97 Å². The number of carbonyl (C=O) groups is 2. The average Bonchev–Trinajstić information content (AvgIpc) is 3.32. The molecule has 6 nitrogen and oxygen atoms in total. The van der Waals surface area contributed by atoms with Crippen LogP contribution in [0.4, 0.5) is 0 Å². The lowest BCUT2D eigenvalue weighted by molar-refractivity contribution is -0.141. The second kappa shape index (κ2) is 6.80. The lowest BCUT2D eigenvalue weighted by Crippen LogP contribution is -2.30. The van der Waals surface area contributed by atoms with E-state index in [2.05, 4.69) is 0 Å². The van der Waals surface area contributed by atoms with Crippen molar-refractivity contribution in [2.75, 3.05) is 26.8 Å². The molecule has 1 amide bonds. The Morgan fingerprint density at radius 3 is 2.60 bits per heavy atom. The first-order valence-corrected chi connectivity index (χ1v) is 7.86. The van der Waals surface area contributed by atoms with E-state index in [1.54, 1.807) is 24.1 Å². The van der Waals surface area contributed by atoms with Crippen LogP contribution >= 0.6 is 12.4 Å². The van der Waals surface area contributed by atoms with Gasteiger partial charge in [-0.3, -0.25) is 9.59 Å². The monoisotopic (exact) mass is 363 g/mol. The molecule has 2 fully saturated rings. The number of hydrogen-bond acceptors (Lipinski definition) is 5. The summed E-state index contributed by atoms with van der Waals surface area (Å²) in [5, 5.41) is 0. The van der Waals surface area contributed by atoms with Crippen LogP contribution in [0.3, 0.4) is 0 Å². The largest absolute Gasteiger partial charge is 0.497 e. The third-order valence-corrected chi connectivity index (χ3v) is 4.66. The van der Waals surface area contributed by atoms with Crippen LogP contribution in [0.1, 0.15) is 10.6 Å².